The van der Waals surface area contributed by atoms with E-state index in [1.165, 1.54) is 0 Å². The average Bonchev–Trinajstić information content (AvgIpc) is 2.73. The third kappa shape index (κ3) is 1.89. The second kappa shape index (κ2) is 4.31. The minimum Gasteiger partial charge on any atom is -0.385 e. The molecule has 1 aromatic heterocycles. The molecule has 0 aromatic carbocycles. The fourth-order valence-electron chi connectivity index (χ4n) is 1.79. The van der Waals surface area contributed by atoms with E-state index in [4.69, 9.17) is 4.74 Å². The van der Waals surface area contributed by atoms with Crippen LogP contribution < -0.4 is 0 Å². The largest absolute Gasteiger partial charge is 0.385 e. The van der Waals surface area contributed by atoms with Gasteiger partial charge in [0.25, 0.3) is 0 Å². The van der Waals surface area contributed by atoms with E-state index in [2.05, 4.69) is 22.9 Å². The van der Waals surface area contributed by atoms with Crippen molar-refractivity contribution in [3.8, 4) is 0 Å². The van der Waals surface area contributed by atoms with E-state index in [1.54, 1.807) is 11.3 Å². The number of hydrogen-bond donors (Lipinski definition) is 1. The van der Waals surface area contributed by atoms with Gasteiger partial charge in [0.05, 0.1) is 6.10 Å². The zero-order valence-electron chi connectivity index (χ0n) is 7.94. The smallest absolute Gasteiger partial charge is 0.116 e. The molecule has 0 radical (unpaired) electrons. The first kappa shape index (κ1) is 10.6. The van der Waals surface area contributed by atoms with Crippen LogP contribution in [0, 0.1) is 5.92 Å². The lowest BCUT2D eigenvalue weighted by Gasteiger charge is -2.20. The van der Waals surface area contributed by atoms with Crippen LogP contribution in [-0.4, -0.2) is 17.8 Å². The van der Waals surface area contributed by atoms with Crippen molar-refractivity contribution in [3.63, 3.8) is 0 Å². The molecule has 1 aliphatic rings. The maximum atomic E-state index is 10.1. The molecule has 1 saturated heterocycles. The predicted octanol–water partition coefficient (Wildman–Crippen LogP) is 2.97. The Kier molecular flexibility index (Phi) is 3.27. The second-order valence-electron chi connectivity index (χ2n) is 3.68. The quantitative estimate of drug-likeness (QED) is 0.900. The lowest BCUT2D eigenvalue weighted by molar-refractivity contribution is -0.0163. The van der Waals surface area contributed by atoms with Gasteiger partial charge in [0.1, 0.15) is 6.10 Å². The van der Waals surface area contributed by atoms with Crippen molar-refractivity contribution in [3.05, 3.63) is 20.8 Å². The normalized spacial score (nSPS) is 29.4. The summed E-state index contributed by atoms with van der Waals surface area (Å²) in [5.41, 5.74) is 0. The van der Waals surface area contributed by atoms with Crippen LogP contribution in [0.15, 0.2) is 15.9 Å². The van der Waals surface area contributed by atoms with Crippen molar-refractivity contribution < 1.29 is 9.84 Å². The number of thiophene rings is 1. The highest BCUT2D eigenvalue weighted by molar-refractivity contribution is 9.10. The maximum absolute atomic E-state index is 10.1. The van der Waals surface area contributed by atoms with Crippen LogP contribution in [0.3, 0.4) is 0 Å². The summed E-state index contributed by atoms with van der Waals surface area (Å²) in [6.45, 7) is 2.90. The molecule has 1 aliphatic heterocycles. The number of halogens is 1. The van der Waals surface area contributed by atoms with Crippen molar-refractivity contribution in [2.45, 2.75) is 25.6 Å². The predicted molar refractivity (Wildman–Crippen MR) is 60.5 cm³/mol. The zero-order valence-corrected chi connectivity index (χ0v) is 10.3. The van der Waals surface area contributed by atoms with Gasteiger partial charge in [0.2, 0.25) is 0 Å². The van der Waals surface area contributed by atoms with Gasteiger partial charge < -0.3 is 9.84 Å². The van der Waals surface area contributed by atoms with Crippen molar-refractivity contribution in [1.29, 1.82) is 0 Å². The minimum atomic E-state index is -0.484. The van der Waals surface area contributed by atoms with E-state index in [0.717, 1.165) is 22.4 Å². The van der Waals surface area contributed by atoms with Crippen LogP contribution >= 0.6 is 27.3 Å². The monoisotopic (exact) mass is 276 g/mol. The third-order valence-corrected chi connectivity index (χ3v) is 4.61. The number of aliphatic hydroxyl groups excluding tert-OH is 1. The zero-order chi connectivity index (χ0) is 10.1. The highest BCUT2D eigenvalue weighted by Gasteiger charge is 2.33. The fourth-order valence-corrected chi connectivity index (χ4v) is 3.41. The van der Waals surface area contributed by atoms with Crippen molar-refractivity contribution in [2.75, 3.05) is 6.61 Å². The summed E-state index contributed by atoms with van der Waals surface area (Å²) in [6.07, 6.45) is 0.525. The van der Waals surface area contributed by atoms with Gasteiger partial charge in [-0.05, 0) is 39.7 Å². The Balaban J connectivity index is 2.15. The Bertz CT molecular complexity index is 313. The average molecular weight is 277 g/mol. The maximum Gasteiger partial charge on any atom is 0.116 e. The Labute approximate surface area is 96.0 Å². The molecule has 0 bridgehead atoms. The van der Waals surface area contributed by atoms with Gasteiger partial charge in [-0.15, -0.1) is 11.3 Å². The lowest BCUT2D eigenvalue weighted by atomic mass is 9.99. The Hall–Kier alpha value is 0.100. The van der Waals surface area contributed by atoms with Crippen LogP contribution in [0.2, 0.25) is 0 Å². The van der Waals surface area contributed by atoms with Crippen LogP contribution in [0.4, 0.5) is 0 Å². The Morgan fingerprint density at radius 3 is 3.00 bits per heavy atom. The fraction of sp³-hybridized carbons (Fsp3) is 0.600. The summed E-state index contributed by atoms with van der Waals surface area (Å²) >= 11 is 5.00. The molecule has 1 N–H and O–H groups in total. The van der Waals surface area contributed by atoms with Gasteiger partial charge in [0.15, 0.2) is 0 Å². The standard InChI is InChI=1S/C10H13BrO2S/c1-6-2-4-13-9(6)8(12)10-7(11)3-5-14-10/h3,5-6,8-9,12H,2,4H2,1H3. The van der Waals surface area contributed by atoms with Gasteiger partial charge in [-0.3, -0.25) is 0 Å². The third-order valence-electron chi connectivity index (χ3n) is 2.67. The summed E-state index contributed by atoms with van der Waals surface area (Å²) in [5.74, 6) is 0.444. The minimum absolute atomic E-state index is 0.0371. The van der Waals surface area contributed by atoms with E-state index in [1.807, 2.05) is 11.4 Å². The van der Waals surface area contributed by atoms with Gasteiger partial charge in [-0.25, -0.2) is 0 Å². The Morgan fingerprint density at radius 2 is 2.50 bits per heavy atom. The molecule has 2 rings (SSSR count). The molecule has 0 amide bonds. The first-order valence-corrected chi connectivity index (χ1v) is 6.40. The van der Waals surface area contributed by atoms with Crippen LogP contribution in [0.1, 0.15) is 24.3 Å². The van der Waals surface area contributed by atoms with Crippen molar-refractivity contribution in [1.82, 2.24) is 0 Å². The molecule has 78 valence electrons. The molecular formula is C10H13BrO2S. The summed E-state index contributed by atoms with van der Waals surface area (Å²) in [5, 5.41) is 12.1. The summed E-state index contributed by atoms with van der Waals surface area (Å²) in [6, 6.07) is 1.96. The molecule has 14 heavy (non-hydrogen) atoms. The molecule has 2 nitrogen and oxygen atoms in total. The topological polar surface area (TPSA) is 29.5 Å². The number of aliphatic hydroxyl groups is 1. The van der Waals surface area contributed by atoms with Crippen LogP contribution in [0.25, 0.3) is 0 Å². The van der Waals surface area contributed by atoms with Crippen molar-refractivity contribution >= 4 is 27.3 Å². The van der Waals surface area contributed by atoms with Crippen molar-refractivity contribution in [2.24, 2.45) is 5.92 Å². The summed E-state index contributed by atoms with van der Waals surface area (Å²) < 4.78 is 6.53. The Morgan fingerprint density at radius 1 is 1.71 bits per heavy atom. The van der Waals surface area contributed by atoms with Gasteiger partial charge >= 0.3 is 0 Å². The number of hydrogen-bond acceptors (Lipinski definition) is 3. The molecule has 0 aliphatic carbocycles. The molecule has 1 aromatic rings. The molecule has 3 unspecified atom stereocenters. The number of rotatable bonds is 2. The molecular weight excluding hydrogens is 264 g/mol. The molecule has 0 spiro atoms. The summed E-state index contributed by atoms with van der Waals surface area (Å²) in [7, 11) is 0. The molecule has 0 saturated carbocycles. The van der Waals surface area contributed by atoms with E-state index in [0.29, 0.717) is 5.92 Å². The van der Waals surface area contributed by atoms with Gasteiger partial charge in [0, 0.05) is 16.0 Å². The van der Waals surface area contributed by atoms with Crippen LogP contribution in [-0.2, 0) is 4.74 Å². The highest BCUT2D eigenvalue weighted by atomic mass is 79.9. The molecule has 1 fully saturated rings. The van der Waals surface area contributed by atoms with E-state index in [-0.39, 0.29) is 6.10 Å². The molecule has 3 atom stereocenters. The highest BCUT2D eigenvalue weighted by Crippen LogP contribution is 2.37. The first-order valence-electron chi connectivity index (χ1n) is 4.72. The van der Waals surface area contributed by atoms with Crippen LogP contribution in [0.5, 0.6) is 0 Å². The summed E-state index contributed by atoms with van der Waals surface area (Å²) in [4.78, 5) is 0.976. The first-order chi connectivity index (χ1) is 6.70. The molecule has 4 heteroatoms. The van der Waals surface area contributed by atoms with Gasteiger partial charge in [-0.2, -0.15) is 0 Å². The lowest BCUT2D eigenvalue weighted by Crippen LogP contribution is -2.22. The van der Waals surface area contributed by atoms with Gasteiger partial charge in [-0.1, -0.05) is 6.92 Å². The SMILES string of the molecule is CC1CCOC1C(O)c1sccc1Br. The van der Waals surface area contributed by atoms with E-state index in [9.17, 15) is 5.11 Å². The number of ether oxygens (including phenoxy) is 1. The van der Waals surface area contributed by atoms with E-state index < -0.39 is 6.10 Å². The molecule has 2 heterocycles. The second-order valence-corrected chi connectivity index (χ2v) is 5.48. The van der Waals surface area contributed by atoms with E-state index >= 15 is 0 Å².